The second kappa shape index (κ2) is 21.4. The van der Waals surface area contributed by atoms with E-state index in [-0.39, 0.29) is 25.2 Å². The monoisotopic (exact) mass is 439 g/mol. The van der Waals surface area contributed by atoms with Crippen molar-refractivity contribution >= 4 is 17.8 Å². The molecule has 0 bridgehead atoms. The SMILES string of the molecule is CCCCCCCCC/C=C\CCCCCCCC(=O)N[C@H](CCCC(=O)O)C(=O)O. The Kier molecular flexibility index (Phi) is 20.1. The van der Waals surface area contributed by atoms with Crippen molar-refractivity contribution in [2.75, 3.05) is 0 Å². The van der Waals surface area contributed by atoms with Crippen molar-refractivity contribution in [1.29, 1.82) is 0 Å². The van der Waals surface area contributed by atoms with Crippen LogP contribution >= 0.6 is 0 Å². The van der Waals surface area contributed by atoms with E-state index >= 15 is 0 Å². The molecule has 1 atom stereocenters. The molecule has 0 aromatic heterocycles. The molecule has 0 rings (SSSR count). The molecule has 0 aromatic carbocycles. The number of rotatable bonds is 22. The number of carboxylic acids is 2. The summed E-state index contributed by atoms with van der Waals surface area (Å²) in [7, 11) is 0. The maximum absolute atomic E-state index is 11.9. The maximum atomic E-state index is 11.9. The summed E-state index contributed by atoms with van der Waals surface area (Å²) in [5.74, 6) is -2.34. The van der Waals surface area contributed by atoms with Gasteiger partial charge in [-0.05, 0) is 44.9 Å². The van der Waals surface area contributed by atoms with E-state index in [1.807, 2.05) is 0 Å². The van der Waals surface area contributed by atoms with E-state index in [0.29, 0.717) is 6.42 Å². The van der Waals surface area contributed by atoms with Crippen LogP contribution in [0.4, 0.5) is 0 Å². The van der Waals surface area contributed by atoms with Gasteiger partial charge in [0.05, 0.1) is 0 Å². The largest absolute Gasteiger partial charge is 0.481 e. The van der Waals surface area contributed by atoms with Gasteiger partial charge in [-0.15, -0.1) is 0 Å². The Labute approximate surface area is 188 Å². The van der Waals surface area contributed by atoms with Crippen molar-refractivity contribution in [2.45, 2.75) is 129 Å². The number of hydrogen-bond donors (Lipinski definition) is 3. The summed E-state index contributed by atoms with van der Waals surface area (Å²) in [4.78, 5) is 33.6. The number of carboxylic acid groups (broad SMARTS) is 2. The third-order valence-electron chi connectivity index (χ3n) is 5.43. The Balaban J connectivity index is 3.55. The molecule has 6 heteroatoms. The highest BCUT2D eigenvalue weighted by Crippen LogP contribution is 2.11. The lowest BCUT2D eigenvalue weighted by atomic mass is 10.1. The van der Waals surface area contributed by atoms with Crippen LogP contribution in [-0.2, 0) is 14.4 Å². The van der Waals surface area contributed by atoms with E-state index in [1.54, 1.807) is 0 Å². The lowest BCUT2D eigenvalue weighted by Gasteiger charge is -2.14. The maximum Gasteiger partial charge on any atom is 0.326 e. The molecule has 0 saturated heterocycles. The molecule has 180 valence electrons. The standard InChI is InChI=1S/C25H45NO5/c1-2-3-4-5-6-7-8-9-10-11-12-13-14-15-16-17-20-23(27)26-22(25(30)31)19-18-21-24(28)29/h10-11,22H,2-9,12-21H2,1H3,(H,26,27)(H,28,29)(H,30,31)/b11-10-/t22-/m1/s1. The summed E-state index contributed by atoms with van der Waals surface area (Å²) in [6.45, 7) is 2.25. The third-order valence-corrected chi connectivity index (χ3v) is 5.43. The van der Waals surface area contributed by atoms with Gasteiger partial charge in [-0.2, -0.15) is 0 Å². The van der Waals surface area contributed by atoms with Gasteiger partial charge in [0.15, 0.2) is 0 Å². The highest BCUT2D eigenvalue weighted by molar-refractivity contribution is 5.83. The molecule has 3 N–H and O–H groups in total. The normalized spacial score (nSPS) is 12.2. The molecule has 0 fully saturated rings. The van der Waals surface area contributed by atoms with Crippen LogP contribution in [0, 0.1) is 0 Å². The fourth-order valence-electron chi connectivity index (χ4n) is 3.51. The van der Waals surface area contributed by atoms with Crippen LogP contribution in [0.25, 0.3) is 0 Å². The van der Waals surface area contributed by atoms with E-state index in [1.165, 1.54) is 57.8 Å². The van der Waals surface area contributed by atoms with Crippen LogP contribution in [0.3, 0.4) is 0 Å². The number of amides is 1. The summed E-state index contributed by atoms with van der Waals surface area (Å²) < 4.78 is 0. The van der Waals surface area contributed by atoms with Crippen molar-refractivity contribution in [3.05, 3.63) is 12.2 Å². The summed E-state index contributed by atoms with van der Waals surface area (Å²) in [6, 6.07) is -1.00. The molecule has 0 aromatic rings. The van der Waals surface area contributed by atoms with Crippen LogP contribution in [0.15, 0.2) is 12.2 Å². The summed E-state index contributed by atoms with van der Waals surface area (Å²) >= 11 is 0. The smallest absolute Gasteiger partial charge is 0.326 e. The van der Waals surface area contributed by atoms with Crippen molar-refractivity contribution in [3.63, 3.8) is 0 Å². The van der Waals surface area contributed by atoms with Crippen molar-refractivity contribution in [2.24, 2.45) is 0 Å². The first kappa shape index (κ1) is 29.1. The van der Waals surface area contributed by atoms with E-state index in [2.05, 4.69) is 24.4 Å². The zero-order valence-corrected chi connectivity index (χ0v) is 19.6. The first-order valence-corrected chi connectivity index (χ1v) is 12.4. The second-order valence-electron chi connectivity index (χ2n) is 8.43. The minimum atomic E-state index is -1.11. The lowest BCUT2D eigenvalue weighted by molar-refractivity contribution is -0.142. The zero-order valence-electron chi connectivity index (χ0n) is 19.6. The molecule has 0 aliphatic heterocycles. The fourth-order valence-corrected chi connectivity index (χ4v) is 3.51. The fraction of sp³-hybridized carbons (Fsp3) is 0.800. The molecular weight excluding hydrogens is 394 g/mol. The Morgan fingerprint density at radius 3 is 1.74 bits per heavy atom. The number of carbonyl (C=O) groups excluding carboxylic acids is 1. The molecule has 0 saturated carbocycles. The predicted molar refractivity (Wildman–Crippen MR) is 125 cm³/mol. The quantitative estimate of drug-likeness (QED) is 0.137. The molecule has 31 heavy (non-hydrogen) atoms. The Morgan fingerprint density at radius 2 is 1.23 bits per heavy atom. The lowest BCUT2D eigenvalue weighted by Crippen LogP contribution is -2.40. The molecule has 1 amide bonds. The van der Waals surface area contributed by atoms with E-state index in [4.69, 9.17) is 10.2 Å². The molecule has 6 nitrogen and oxygen atoms in total. The van der Waals surface area contributed by atoms with Gasteiger partial charge in [0.25, 0.3) is 0 Å². The number of carbonyl (C=O) groups is 3. The van der Waals surface area contributed by atoms with E-state index in [9.17, 15) is 14.4 Å². The number of hydrogen-bond acceptors (Lipinski definition) is 3. The molecule has 0 aliphatic carbocycles. The zero-order chi connectivity index (χ0) is 23.2. The molecule has 0 aliphatic rings. The number of unbranched alkanes of at least 4 members (excludes halogenated alkanes) is 12. The Hall–Kier alpha value is -1.85. The average Bonchev–Trinajstić information content (AvgIpc) is 2.72. The second-order valence-corrected chi connectivity index (χ2v) is 8.43. The Morgan fingerprint density at radius 1 is 0.710 bits per heavy atom. The molecule has 0 radical (unpaired) electrons. The first-order valence-electron chi connectivity index (χ1n) is 12.4. The Bertz CT molecular complexity index is 504. The van der Waals surface area contributed by atoms with Crippen LogP contribution in [0.5, 0.6) is 0 Å². The van der Waals surface area contributed by atoms with Gasteiger partial charge in [-0.25, -0.2) is 4.79 Å². The third kappa shape index (κ3) is 21.2. The summed E-state index contributed by atoms with van der Waals surface area (Å²) in [5, 5.41) is 20.3. The highest BCUT2D eigenvalue weighted by Gasteiger charge is 2.19. The predicted octanol–water partition coefficient (Wildman–Crippen LogP) is 6.24. The van der Waals surface area contributed by atoms with Crippen molar-refractivity contribution in [1.82, 2.24) is 5.32 Å². The van der Waals surface area contributed by atoms with E-state index < -0.39 is 18.0 Å². The number of allylic oxidation sites excluding steroid dienone is 2. The van der Waals surface area contributed by atoms with Crippen LogP contribution in [0.1, 0.15) is 122 Å². The van der Waals surface area contributed by atoms with E-state index in [0.717, 1.165) is 32.1 Å². The summed E-state index contributed by atoms with van der Waals surface area (Å²) in [5.41, 5.74) is 0. The molecular formula is C25H45NO5. The van der Waals surface area contributed by atoms with Gasteiger partial charge in [0.1, 0.15) is 6.04 Å². The van der Waals surface area contributed by atoms with Crippen LogP contribution in [-0.4, -0.2) is 34.1 Å². The minimum Gasteiger partial charge on any atom is -0.481 e. The van der Waals surface area contributed by atoms with Gasteiger partial charge >= 0.3 is 11.9 Å². The van der Waals surface area contributed by atoms with Crippen LogP contribution < -0.4 is 5.32 Å². The van der Waals surface area contributed by atoms with Gasteiger partial charge in [0, 0.05) is 12.8 Å². The van der Waals surface area contributed by atoms with Gasteiger partial charge in [-0.3, -0.25) is 9.59 Å². The highest BCUT2D eigenvalue weighted by atomic mass is 16.4. The topological polar surface area (TPSA) is 104 Å². The molecule has 0 unspecified atom stereocenters. The van der Waals surface area contributed by atoms with Crippen molar-refractivity contribution < 1.29 is 24.6 Å². The van der Waals surface area contributed by atoms with Gasteiger partial charge < -0.3 is 15.5 Å². The average molecular weight is 440 g/mol. The number of aliphatic carboxylic acids is 2. The van der Waals surface area contributed by atoms with Crippen LogP contribution in [0.2, 0.25) is 0 Å². The minimum absolute atomic E-state index is 0.0893. The van der Waals surface area contributed by atoms with Gasteiger partial charge in [0.2, 0.25) is 5.91 Å². The number of nitrogens with one attached hydrogen (secondary N) is 1. The summed E-state index contributed by atoms with van der Waals surface area (Å²) in [6.07, 6.45) is 22.1. The first-order chi connectivity index (χ1) is 15.0. The van der Waals surface area contributed by atoms with Gasteiger partial charge in [-0.1, -0.05) is 76.9 Å². The molecule has 0 spiro atoms. The molecule has 0 heterocycles. The van der Waals surface area contributed by atoms with Crippen molar-refractivity contribution in [3.8, 4) is 0 Å².